The second kappa shape index (κ2) is 9.34. The van der Waals surface area contributed by atoms with Crippen LogP contribution in [0.25, 0.3) is 0 Å². The Labute approximate surface area is 172 Å². The van der Waals surface area contributed by atoms with Gasteiger partial charge in [-0.2, -0.15) is 0 Å². The summed E-state index contributed by atoms with van der Waals surface area (Å²) in [7, 11) is 0. The lowest BCUT2D eigenvalue weighted by atomic mass is 10.1. The number of nitrogens with zero attached hydrogens (tertiary/aromatic N) is 1. The molecule has 1 heterocycles. The van der Waals surface area contributed by atoms with E-state index in [1.807, 2.05) is 37.3 Å². The van der Waals surface area contributed by atoms with Crippen molar-refractivity contribution in [3.8, 4) is 0 Å². The largest absolute Gasteiger partial charge is 0.349 e. The predicted octanol–water partition coefficient (Wildman–Crippen LogP) is 4.86. The van der Waals surface area contributed by atoms with Crippen LogP contribution in [0.1, 0.15) is 24.2 Å². The highest BCUT2D eigenvalue weighted by Gasteiger charge is 2.13. The van der Waals surface area contributed by atoms with Crippen LogP contribution in [-0.2, 0) is 11.2 Å². The molecule has 1 atom stereocenters. The number of carbonyl (C=O) groups is 2. The average Bonchev–Trinajstić information content (AvgIpc) is 3.08. The van der Waals surface area contributed by atoms with Crippen molar-refractivity contribution in [3.63, 3.8) is 0 Å². The smallest absolute Gasteiger partial charge is 0.325 e. The van der Waals surface area contributed by atoms with Crippen molar-refractivity contribution in [2.24, 2.45) is 0 Å². The standard InChI is InChI=1S/C20H19ClN4O2S/c1-13(14-6-3-2-4-7-14)22-18(26)11-17-12-28-20(24-17)25-19(27)23-16-9-5-8-15(21)10-16/h2-10,12-13H,11H2,1H3,(H,22,26)(H2,23,24,25,27)/t13-/m0/s1. The van der Waals surface area contributed by atoms with Gasteiger partial charge in [-0.1, -0.05) is 48.0 Å². The summed E-state index contributed by atoms with van der Waals surface area (Å²) in [6.07, 6.45) is 0.144. The van der Waals surface area contributed by atoms with Crippen LogP contribution in [0.2, 0.25) is 5.02 Å². The molecular weight excluding hydrogens is 396 g/mol. The molecule has 1 aromatic heterocycles. The van der Waals surface area contributed by atoms with Gasteiger partial charge in [0.2, 0.25) is 5.91 Å². The summed E-state index contributed by atoms with van der Waals surface area (Å²) in [5.74, 6) is -0.128. The highest BCUT2D eigenvalue weighted by molar-refractivity contribution is 7.14. The van der Waals surface area contributed by atoms with E-state index in [0.717, 1.165) is 5.56 Å². The van der Waals surface area contributed by atoms with Crippen LogP contribution < -0.4 is 16.0 Å². The van der Waals surface area contributed by atoms with E-state index in [1.165, 1.54) is 11.3 Å². The fourth-order valence-corrected chi connectivity index (χ4v) is 3.45. The normalized spacial score (nSPS) is 11.5. The number of hydrogen-bond donors (Lipinski definition) is 3. The summed E-state index contributed by atoms with van der Waals surface area (Å²) < 4.78 is 0. The number of urea groups is 1. The Bertz CT molecular complexity index is 962. The molecule has 0 fully saturated rings. The molecule has 8 heteroatoms. The SMILES string of the molecule is C[C@H](NC(=O)Cc1csc(NC(=O)Nc2cccc(Cl)c2)n1)c1ccccc1. The number of anilines is 2. The first kappa shape index (κ1) is 19.9. The number of benzene rings is 2. The molecule has 0 spiro atoms. The first-order valence-corrected chi connectivity index (χ1v) is 9.87. The van der Waals surface area contributed by atoms with Gasteiger partial charge in [0.25, 0.3) is 0 Å². The Hall–Kier alpha value is -2.90. The van der Waals surface area contributed by atoms with Gasteiger partial charge in [0.1, 0.15) is 0 Å². The average molecular weight is 415 g/mol. The third kappa shape index (κ3) is 5.80. The van der Waals surface area contributed by atoms with Crippen LogP contribution in [0.15, 0.2) is 60.0 Å². The van der Waals surface area contributed by atoms with Crippen molar-refractivity contribution in [2.75, 3.05) is 10.6 Å². The number of halogens is 1. The van der Waals surface area contributed by atoms with Crippen molar-refractivity contribution < 1.29 is 9.59 Å². The van der Waals surface area contributed by atoms with E-state index in [-0.39, 0.29) is 18.4 Å². The highest BCUT2D eigenvalue weighted by Crippen LogP contribution is 2.18. The molecule has 0 saturated heterocycles. The van der Waals surface area contributed by atoms with Gasteiger partial charge in [-0.25, -0.2) is 9.78 Å². The summed E-state index contributed by atoms with van der Waals surface area (Å²) in [5.41, 5.74) is 2.21. The fourth-order valence-electron chi connectivity index (χ4n) is 2.55. The van der Waals surface area contributed by atoms with E-state index in [0.29, 0.717) is 21.5 Å². The van der Waals surface area contributed by atoms with Crippen molar-refractivity contribution in [1.82, 2.24) is 10.3 Å². The zero-order valence-electron chi connectivity index (χ0n) is 15.1. The summed E-state index contributed by atoms with van der Waals surface area (Å²) in [6.45, 7) is 1.93. The molecule has 0 aliphatic heterocycles. The topological polar surface area (TPSA) is 83.1 Å². The minimum absolute atomic E-state index is 0.0894. The third-order valence-corrected chi connectivity index (χ3v) is 4.92. The summed E-state index contributed by atoms with van der Waals surface area (Å²) in [6, 6.07) is 16.1. The van der Waals surface area contributed by atoms with Gasteiger partial charge in [-0.15, -0.1) is 11.3 Å². The van der Waals surface area contributed by atoms with E-state index in [1.54, 1.807) is 29.6 Å². The van der Waals surface area contributed by atoms with Gasteiger partial charge < -0.3 is 10.6 Å². The van der Waals surface area contributed by atoms with Gasteiger partial charge in [-0.3, -0.25) is 10.1 Å². The molecule has 0 bridgehead atoms. The molecule has 144 valence electrons. The van der Waals surface area contributed by atoms with Gasteiger partial charge >= 0.3 is 6.03 Å². The lowest BCUT2D eigenvalue weighted by molar-refractivity contribution is -0.121. The molecule has 0 aliphatic rings. The van der Waals surface area contributed by atoms with Gasteiger partial charge in [-0.05, 0) is 30.7 Å². The Morgan fingerprint density at radius 2 is 1.89 bits per heavy atom. The van der Waals surface area contributed by atoms with E-state index in [4.69, 9.17) is 11.6 Å². The molecule has 0 unspecified atom stereocenters. The van der Waals surface area contributed by atoms with E-state index < -0.39 is 6.03 Å². The zero-order chi connectivity index (χ0) is 19.9. The molecule has 28 heavy (non-hydrogen) atoms. The van der Waals surface area contributed by atoms with Gasteiger partial charge in [0, 0.05) is 16.1 Å². The molecule has 2 aromatic carbocycles. The van der Waals surface area contributed by atoms with Gasteiger partial charge in [0.05, 0.1) is 18.2 Å². The van der Waals surface area contributed by atoms with Gasteiger partial charge in [0.15, 0.2) is 5.13 Å². The van der Waals surface area contributed by atoms with Crippen LogP contribution in [0, 0.1) is 0 Å². The van der Waals surface area contributed by atoms with Crippen LogP contribution in [0.5, 0.6) is 0 Å². The Morgan fingerprint density at radius 3 is 2.64 bits per heavy atom. The molecule has 0 aliphatic carbocycles. The molecule has 6 nitrogen and oxygen atoms in total. The lowest BCUT2D eigenvalue weighted by Gasteiger charge is -2.13. The number of thiazole rings is 1. The number of rotatable bonds is 6. The van der Waals surface area contributed by atoms with E-state index in [9.17, 15) is 9.59 Å². The number of hydrogen-bond acceptors (Lipinski definition) is 4. The molecule has 3 aromatic rings. The van der Waals surface area contributed by atoms with Crippen molar-refractivity contribution in [3.05, 3.63) is 76.3 Å². The van der Waals surface area contributed by atoms with Crippen molar-refractivity contribution >= 4 is 45.7 Å². The Balaban J connectivity index is 1.50. The molecule has 3 amide bonds. The second-order valence-corrected chi connectivity index (χ2v) is 7.40. The maximum Gasteiger partial charge on any atom is 0.325 e. The molecule has 3 rings (SSSR count). The number of nitrogens with one attached hydrogen (secondary N) is 3. The second-order valence-electron chi connectivity index (χ2n) is 6.11. The Kier molecular flexibility index (Phi) is 6.62. The van der Waals surface area contributed by atoms with Crippen LogP contribution in [-0.4, -0.2) is 16.9 Å². The first-order chi connectivity index (χ1) is 13.5. The van der Waals surface area contributed by atoms with Crippen LogP contribution in [0.3, 0.4) is 0 Å². The maximum atomic E-state index is 12.2. The van der Waals surface area contributed by atoms with Crippen molar-refractivity contribution in [1.29, 1.82) is 0 Å². The lowest BCUT2D eigenvalue weighted by Crippen LogP contribution is -2.28. The maximum absolute atomic E-state index is 12.2. The highest BCUT2D eigenvalue weighted by atomic mass is 35.5. The molecule has 3 N–H and O–H groups in total. The van der Waals surface area contributed by atoms with Crippen LogP contribution in [0.4, 0.5) is 15.6 Å². The monoisotopic (exact) mass is 414 g/mol. The first-order valence-electron chi connectivity index (χ1n) is 8.62. The summed E-state index contributed by atoms with van der Waals surface area (Å²) in [4.78, 5) is 28.6. The minimum atomic E-state index is -0.426. The summed E-state index contributed by atoms with van der Waals surface area (Å²) in [5, 5.41) is 11.0. The molecule has 0 saturated carbocycles. The fraction of sp³-hybridized carbons (Fsp3) is 0.150. The number of carbonyl (C=O) groups excluding carboxylic acids is 2. The van der Waals surface area contributed by atoms with E-state index in [2.05, 4.69) is 20.9 Å². The van der Waals surface area contributed by atoms with E-state index >= 15 is 0 Å². The molecular formula is C20H19ClN4O2S. The quantitative estimate of drug-likeness (QED) is 0.538. The predicted molar refractivity (Wildman–Crippen MR) is 113 cm³/mol. The molecule has 0 radical (unpaired) electrons. The number of amides is 3. The third-order valence-electron chi connectivity index (χ3n) is 3.87. The zero-order valence-corrected chi connectivity index (χ0v) is 16.7. The van der Waals surface area contributed by atoms with Crippen LogP contribution >= 0.6 is 22.9 Å². The minimum Gasteiger partial charge on any atom is -0.349 e. The summed E-state index contributed by atoms with van der Waals surface area (Å²) >= 11 is 7.16. The Morgan fingerprint density at radius 1 is 1.11 bits per heavy atom. The van der Waals surface area contributed by atoms with Crippen molar-refractivity contribution in [2.45, 2.75) is 19.4 Å². The number of aromatic nitrogens is 1.